The minimum atomic E-state index is 0.501. The predicted octanol–water partition coefficient (Wildman–Crippen LogP) is 4.29. The molecule has 0 saturated heterocycles. The normalized spacial score (nSPS) is 11.9. The quantitative estimate of drug-likeness (QED) is 0.662. The molecule has 0 aliphatic rings. The first-order chi connectivity index (χ1) is 6.58. The van der Waals surface area contributed by atoms with Gasteiger partial charge in [-0.3, -0.25) is 0 Å². The van der Waals surface area contributed by atoms with E-state index in [1.54, 1.807) is 11.3 Å². The highest BCUT2D eigenvalue weighted by atomic mass is 32.1. The Kier molecular flexibility index (Phi) is 4.59. The van der Waals surface area contributed by atoms with Crippen LogP contribution in [-0.4, -0.2) is 4.98 Å². The van der Waals surface area contributed by atoms with Crippen molar-refractivity contribution in [2.45, 2.75) is 52.9 Å². The van der Waals surface area contributed by atoms with Crippen LogP contribution < -0.4 is 0 Å². The Morgan fingerprint density at radius 3 is 2.57 bits per heavy atom. The number of unbranched alkanes of at least 4 members (excludes halogenated alkanes) is 2. The summed E-state index contributed by atoms with van der Waals surface area (Å²) >= 11 is 1.78. The fourth-order valence-electron chi connectivity index (χ4n) is 1.48. The first kappa shape index (κ1) is 11.7. The van der Waals surface area contributed by atoms with E-state index in [0.29, 0.717) is 5.41 Å². The predicted molar refractivity (Wildman–Crippen MR) is 63.7 cm³/mol. The Morgan fingerprint density at radius 2 is 2.00 bits per heavy atom. The molecule has 0 fully saturated rings. The molecule has 0 aliphatic heterocycles. The highest BCUT2D eigenvalue weighted by molar-refractivity contribution is 7.09. The van der Waals surface area contributed by atoms with Gasteiger partial charge in [0.25, 0.3) is 0 Å². The summed E-state index contributed by atoms with van der Waals surface area (Å²) in [6, 6.07) is 0. The summed E-state index contributed by atoms with van der Waals surface area (Å²) in [5.41, 5.74) is 0.501. The van der Waals surface area contributed by atoms with Gasteiger partial charge in [0.05, 0.1) is 5.01 Å². The summed E-state index contributed by atoms with van der Waals surface area (Å²) < 4.78 is 0. The minimum Gasteiger partial charge on any atom is -0.250 e. The second-order valence-electron chi connectivity index (χ2n) is 5.05. The van der Waals surface area contributed by atoms with Crippen LogP contribution in [0.5, 0.6) is 0 Å². The molecule has 2 heteroatoms. The zero-order valence-corrected chi connectivity index (χ0v) is 10.4. The Morgan fingerprint density at radius 1 is 1.21 bits per heavy atom. The zero-order chi connectivity index (χ0) is 10.4. The van der Waals surface area contributed by atoms with Crippen molar-refractivity contribution < 1.29 is 0 Å². The third-order valence-corrected chi connectivity index (χ3v) is 3.14. The lowest BCUT2D eigenvalue weighted by atomic mass is 9.89. The number of rotatable bonds is 5. The van der Waals surface area contributed by atoms with E-state index in [2.05, 4.69) is 31.1 Å². The summed E-state index contributed by atoms with van der Waals surface area (Å²) in [7, 11) is 0. The van der Waals surface area contributed by atoms with Gasteiger partial charge in [-0.25, -0.2) is 4.98 Å². The zero-order valence-electron chi connectivity index (χ0n) is 9.55. The van der Waals surface area contributed by atoms with Crippen LogP contribution in [0.25, 0.3) is 0 Å². The van der Waals surface area contributed by atoms with Crippen LogP contribution in [0, 0.1) is 5.41 Å². The molecule has 0 radical (unpaired) electrons. The molecule has 0 bridgehead atoms. The standard InChI is InChI=1S/C12H21NS/c1-12(2,3)8-6-4-5-7-11-13-9-10-14-11/h9-10H,4-8H2,1-3H3. The minimum absolute atomic E-state index is 0.501. The molecule has 1 rings (SSSR count). The molecule has 1 aromatic rings. The molecule has 14 heavy (non-hydrogen) atoms. The van der Waals surface area contributed by atoms with Crippen LogP contribution in [0.4, 0.5) is 0 Å². The monoisotopic (exact) mass is 211 g/mol. The molecule has 0 spiro atoms. The lowest BCUT2D eigenvalue weighted by Crippen LogP contribution is -2.04. The average molecular weight is 211 g/mol. The van der Waals surface area contributed by atoms with Crippen LogP contribution in [0.2, 0.25) is 0 Å². The molecule has 0 aliphatic carbocycles. The number of aromatic nitrogens is 1. The van der Waals surface area contributed by atoms with Crippen molar-refractivity contribution in [2.75, 3.05) is 0 Å². The first-order valence-corrected chi connectivity index (χ1v) is 6.34. The number of hydrogen-bond donors (Lipinski definition) is 0. The fourth-order valence-corrected chi connectivity index (χ4v) is 2.15. The largest absolute Gasteiger partial charge is 0.250 e. The molecule has 1 nitrogen and oxygen atoms in total. The maximum absolute atomic E-state index is 4.28. The van der Waals surface area contributed by atoms with Crippen LogP contribution >= 0.6 is 11.3 Å². The highest BCUT2D eigenvalue weighted by Crippen LogP contribution is 2.22. The van der Waals surface area contributed by atoms with E-state index in [4.69, 9.17) is 0 Å². The Hall–Kier alpha value is -0.370. The van der Waals surface area contributed by atoms with Crippen LogP contribution in [0.1, 0.15) is 51.5 Å². The van der Waals surface area contributed by atoms with Gasteiger partial charge < -0.3 is 0 Å². The number of hydrogen-bond acceptors (Lipinski definition) is 2. The highest BCUT2D eigenvalue weighted by Gasteiger charge is 2.08. The lowest BCUT2D eigenvalue weighted by molar-refractivity contribution is 0.358. The summed E-state index contributed by atoms with van der Waals surface area (Å²) in [5, 5.41) is 3.35. The van der Waals surface area contributed by atoms with Crippen molar-refractivity contribution in [2.24, 2.45) is 5.41 Å². The van der Waals surface area contributed by atoms with Crippen molar-refractivity contribution in [3.63, 3.8) is 0 Å². The molecular weight excluding hydrogens is 190 g/mol. The van der Waals surface area contributed by atoms with Crippen LogP contribution in [-0.2, 0) is 6.42 Å². The number of nitrogens with zero attached hydrogens (tertiary/aromatic N) is 1. The van der Waals surface area contributed by atoms with E-state index in [9.17, 15) is 0 Å². The van der Waals surface area contributed by atoms with Crippen molar-refractivity contribution in [1.29, 1.82) is 0 Å². The van der Waals surface area contributed by atoms with E-state index in [0.717, 1.165) is 0 Å². The van der Waals surface area contributed by atoms with Crippen molar-refractivity contribution in [1.82, 2.24) is 4.98 Å². The van der Waals surface area contributed by atoms with E-state index in [1.165, 1.54) is 37.1 Å². The van der Waals surface area contributed by atoms with E-state index >= 15 is 0 Å². The van der Waals surface area contributed by atoms with Crippen molar-refractivity contribution in [3.05, 3.63) is 16.6 Å². The summed E-state index contributed by atoms with van der Waals surface area (Å²) in [4.78, 5) is 4.28. The fraction of sp³-hybridized carbons (Fsp3) is 0.750. The SMILES string of the molecule is CC(C)(C)CCCCCc1nccs1. The van der Waals surface area contributed by atoms with Gasteiger partial charge in [-0.05, 0) is 24.7 Å². The maximum atomic E-state index is 4.28. The summed E-state index contributed by atoms with van der Waals surface area (Å²) in [6.45, 7) is 6.94. The number of aryl methyl sites for hydroxylation is 1. The van der Waals surface area contributed by atoms with Gasteiger partial charge in [-0.15, -0.1) is 11.3 Å². The molecule has 0 unspecified atom stereocenters. The molecule has 1 heterocycles. The Balaban J connectivity index is 2.00. The third kappa shape index (κ3) is 5.38. The molecule has 0 atom stereocenters. The van der Waals surface area contributed by atoms with Crippen LogP contribution in [0.3, 0.4) is 0 Å². The van der Waals surface area contributed by atoms with Gasteiger partial charge in [-0.1, -0.05) is 33.6 Å². The Bertz CT molecular complexity index is 233. The van der Waals surface area contributed by atoms with Gasteiger partial charge in [-0.2, -0.15) is 0 Å². The van der Waals surface area contributed by atoms with Gasteiger partial charge >= 0.3 is 0 Å². The smallest absolute Gasteiger partial charge is 0.0924 e. The average Bonchev–Trinajstić information content (AvgIpc) is 2.54. The van der Waals surface area contributed by atoms with Gasteiger partial charge in [0.2, 0.25) is 0 Å². The molecule has 80 valence electrons. The summed E-state index contributed by atoms with van der Waals surface area (Å²) in [5.74, 6) is 0. The molecule has 0 aromatic carbocycles. The topological polar surface area (TPSA) is 12.9 Å². The van der Waals surface area contributed by atoms with E-state index in [1.807, 2.05) is 6.20 Å². The molecule has 0 saturated carbocycles. The van der Waals surface area contributed by atoms with Crippen LogP contribution in [0.15, 0.2) is 11.6 Å². The van der Waals surface area contributed by atoms with Gasteiger partial charge in [0.15, 0.2) is 0 Å². The molecule has 1 aromatic heterocycles. The van der Waals surface area contributed by atoms with E-state index < -0.39 is 0 Å². The molecule has 0 amide bonds. The lowest BCUT2D eigenvalue weighted by Gasteiger charge is -2.17. The second kappa shape index (κ2) is 5.50. The van der Waals surface area contributed by atoms with Gasteiger partial charge in [0.1, 0.15) is 0 Å². The van der Waals surface area contributed by atoms with E-state index in [-0.39, 0.29) is 0 Å². The first-order valence-electron chi connectivity index (χ1n) is 5.46. The molecule has 0 N–H and O–H groups in total. The van der Waals surface area contributed by atoms with Crippen molar-refractivity contribution in [3.8, 4) is 0 Å². The maximum Gasteiger partial charge on any atom is 0.0924 e. The Labute approximate surface area is 91.6 Å². The van der Waals surface area contributed by atoms with Gasteiger partial charge in [0, 0.05) is 11.6 Å². The summed E-state index contributed by atoms with van der Waals surface area (Å²) in [6.07, 6.45) is 8.40. The second-order valence-corrected chi connectivity index (χ2v) is 6.03. The number of thiazole rings is 1. The third-order valence-electron chi connectivity index (χ3n) is 2.30. The van der Waals surface area contributed by atoms with Crippen molar-refractivity contribution >= 4 is 11.3 Å². The molecular formula is C12H21NS.